The van der Waals surface area contributed by atoms with Gasteiger partial charge in [0.15, 0.2) is 0 Å². The molecule has 224 valence electrons. The zero-order valence-electron chi connectivity index (χ0n) is 24.6. The number of hydrogen-bond acceptors (Lipinski definition) is 4. The smallest absolute Gasteiger partial charge is 0.264 e. The van der Waals surface area contributed by atoms with Crippen LogP contribution in [0.25, 0.3) is 0 Å². The summed E-state index contributed by atoms with van der Waals surface area (Å²) in [6.07, 6.45) is 5.52. The van der Waals surface area contributed by atoms with Crippen LogP contribution in [0.15, 0.2) is 77.7 Å². The quantitative estimate of drug-likeness (QED) is 0.272. The molecule has 3 aromatic rings. The Morgan fingerprint density at radius 2 is 1.55 bits per heavy atom. The summed E-state index contributed by atoms with van der Waals surface area (Å²) >= 11 is 6.11. The van der Waals surface area contributed by atoms with Crippen LogP contribution in [0.5, 0.6) is 0 Å². The second kappa shape index (κ2) is 14.2. The predicted octanol–water partition coefficient (Wildman–Crippen LogP) is 6.41. The number of carbonyl (C=O) groups is 2. The van der Waals surface area contributed by atoms with Gasteiger partial charge in [0.2, 0.25) is 11.8 Å². The summed E-state index contributed by atoms with van der Waals surface area (Å²) in [7, 11) is -4.10. The van der Waals surface area contributed by atoms with Gasteiger partial charge in [0.1, 0.15) is 12.6 Å². The second-order valence-electron chi connectivity index (χ2n) is 11.1. The Labute approximate surface area is 254 Å². The second-order valence-corrected chi connectivity index (χ2v) is 13.4. The van der Waals surface area contributed by atoms with E-state index >= 15 is 0 Å². The van der Waals surface area contributed by atoms with Crippen molar-refractivity contribution in [3.63, 3.8) is 0 Å². The largest absolute Gasteiger partial charge is 0.352 e. The first-order chi connectivity index (χ1) is 20.1. The van der Waals surface area contributed by atoms with Crippen molar-refractivity contribution in [3.05, 3.63) is 94.5 Å². The van der Waals surface area contributed by atoms with Crippen molar-refractivity contribution in [2.24, 2.45) is 0 Å². The van der Waals surface area contributed by atoms with Crippen LogP contribution in [0.4, 0.5) is 5.69 Å². The van der Waals surface area contributed by atoms with Gasteiger partial charge in [-0.3, -0.25) is 13.9 Å². The van der Waals surface area contributed by atoms with Crippen LogP contribution in [-0.2, 0) is 26.2 Å². The van der Waals surface area contributed by atoms with E-state index in [1.807, 2.05) is 39.0 Å². The number of benzene rings is 3. The number of sulfonamides is 1. The van der Waals surface area contributed by atoms with Gasteiger partial charge >= 0.3 is 0 Å². The Bertz CT molecular complexity index is 1450. The summed E-state index contributed by atoms with van der Waals surface area (Å²) in [6.45, 7) is 5.33. The van der Waals surface area contributed by atoms with E-state index in [9.17, 15) is 18.0 Å². The summed E-state index contributed by atoms with van der Waals surface area (Å²) in [6, 6.07) is 20.0. The molecule has 42 heavy (non-hydrogen) atoms. The maximum atomic E-state index is 14.3. The van der Waals surface area contributed by atoms with Gasteiger partial charge in [-0.2, -0.15) is 0 Å². The number of aryl methyl sites for hydroxylation is 2. The van der Waals surface area contributed by atoms with Crippen LogP contribution in [0, 0.1) is 13.8 Å². The highest BCUT2D eigenvalue weighted by molar-refractivity contribution is 7.92. The Balaban J connectivity index is 1.71. The van der Waals surface area contributed by atoms with Crippen LogP contribution in [0.2, 0.25) is 5.02 Å². The van der Waals surface area contributed by atoms with Crippen molar-refractivity contribution in [1.82, 2.24) is 10.2 Å². The molecule has 4 rings (SSSR count). The van der Waals surface area contributed by atoms with Crippen molar-refractivity contribution in [3.8, 4) is 0 Å². The lowest BCUT2D eigenvalue weighted by molar-refractivity contribution is -0.140. The Hall–Kier alpha value is -3.36. The number of halogens is 1. The molecule has 1 N–H and O–H groups in total. The van der Waals surface area contributed by atoms with Gasteiger partial charge in [-0.1, -0.05) is 74.2 Å². The van der Waals surface area contributed by atoms with E-state index < -0.39 is 28.5 Å². The average molecular weight is 610 g/mol. The summed E-state index contributed by atoms with van der Waals surface area (Å²) in [5.41, 5.74) is 2.94. The minimum atomic E-state index is -4.10. The normalized spacial score (nSPS) is 14.7. The van der Waals surface area contributed by atoms with Crippen LogP contribution in [0.3, 0.4) is 0 Å². The highest BCUT2D eigenvalue weighted by atomic mass is 35.5. The van der Waals surface area contributed by atoms with E-state index in [4.69, 9.17) is 11.6 Å². The van der Waals surface area contributed by atoms with Gasteiger partial charge in [-0.15, -0.1) is 0 Å². The van der Waals surface area contributed by atoms with Gasteiger partial charge in [0, 0.05) is 17.6 Å². The van der Waals surface area contributed by atoms with Crippen LogP contribution >= 0.6 is 11.6 Å². The van der Waals surface area contributed by atoms with E-state index in [0.717, 1.165) is 53.1 Å². The molecule has 2 amide bonds. The number of amides is 2. The molecule has 0 aromatic heterocycles. The molecule has 0 bridgehead atoms. The van der Waals surface area contributed by atoms with Crippen molar-refractivity contribution >= 4 is 39.1 Å². The molecule has 9 heteroatoms. The molecule has 0 heterocycles. The molecule has 1 fully saturated rings. The number of anilines is 1. The van der Waals surface area contributed by atoms with Gasteiger partial charge < -0.3 is 10.2 Å². The Morgan fingerprint density at radius 3 is 2.14 bits per heavy atom. The first-order valence-electron chi connectivity index (χ1n) is 14.6. The Kier molecular flexibility index (Phi) is 10.7. The SMILES string of the molecule is CC[C@H](C(=O)NC1CCCCC1)N(Cc1ccc(Cl)cc1)C(=O)CN(c1cc(C)cc(C)c1)S(=O)(=O)c1ccccc1. The number of hydrogen-bond donors (Lipinski definition) is 1. The summed E-state index contributed by atoms with van der Waals surface area (Å²) in [5, 5.41) is 3.73. The van der Waals surface area contributed by atoms with E-state index in [-0.39, 0.29) is 23.4 Å². The molecule has 1 saturated carbocycles. The van der Waals surface area contributed by atoms with Gasteiger partial charge in [0.05, 0.1) is 10.6 Å². The fraction of sp³-hybridized carbons (Fsp3) is 0.394. The van der Waals surface area contributed by atoms with E-state index in [1.165, 1.54) is 17.0 Å². The van der Waals surface area contributed by atoms with Crippen LogP contribution in [0.1, 0.15) is 62.1 Å². The molecule has 0 radical (unpaired) electrons. The Morgan fingerprint density at radius 1 is 0.929 bits per heavy atom. The highest BCUT2D eigenvalue weighted by Gasteiger charge is 2.34. The van der Waals surface area contributed by atoms with E-state index in [1.54, 1.807) is 42.5 Å². The number of nitrogens with zero attached hydrogens (tertiary/aromatic N) is 2. The molecule has 0 spiro atoms. The lowest BCUT2D eigenvalue weighted by Crippen LogP contribution is -2.54. The molecule has 1 atom stereocenters. The van der Waals surface area contributed by atoms with Gasteiger partial charge in [-0.05, 0) is 86.2 Å². The topological polar surface area (TPSA) is 86.8 Å². The fourth-order valence-corrected chi connectivity index (χ4v) is 7.14. The highest BCUT2D eigenvalue weighted by Crippen LogP contribution is 2.27. The third kappa shape index (κ3) is 7.92. The lowest BCUT2D eigenvalue weighted by Gasteiger charge is -2.34. The van der Waals surface area contributed by atoms with Crippen molar-refractivity contribution in [1.29, 1.82) is 0 Å². The molecule has 1 aliphatic rings. The molecule has 1 aliphatic carbocycles. The van der Waals surface area contributed by atoms with Gasteiger partial charge in [-0.25, -0.2) is 8.42 Å². The van der Waals surface area contributed by atoms with Crippen LogP contribution in [-0.4, -0.2) is 43.8 Å². The lowest BCUT2D eigenvalue weighted by atomic mass is 9.95. The first kappa shape index (κ1) is 31.6. The zero-order valence-corrected chi connectivity index (χ0v) is 26.1. The summed E-state index contributed by atoms with van der Waals surface area (Å²) < 4.78 is 29.2. The predicted molar refractivity (Wildman–Crippen MR) is 168 cm³/mol. The van der Waals surface area contributed by atoms with E-state index in [0.29, 0.717) is 17.1 Å². The molecule has 0 unspecified atom stereocenters. The minimum Gasteiger partial charge on any atom is -0.352 e. The number of rotatable bonds is 11. The summed E-state index contributed by atoms with van der Waals surface area (Å²) in [5.74, 6) is -0.676. The summed E-state index contributed by atoms with van der Waals surface area (Å²) in [4.78, 5) is 29.5. The first-order valence-corrected chi connectivity index (χ1v) is 16.4. The van der Waals surface area contributed by atoms with Crippen molar-refractivity contribution < 1.29 is 18.0 Å². The molecule has 7 nitrogen and oxygen atoms in total. The maximum absolute atomic E-state index is 14.3. The number of nitrogens with one attached hydrogen (secondary N) is 1. The molecule has 3 aromatic carbocycles. The molecule has 0 saturated heterocycles. The standard InChI is InChI=1S/C33H40ClN3O4S/c1-4-31(33(39)35-28-11-7-5-8-12-28)36(22-26-15-17-27(34)18-16-26)32(38)23-37(29-20-24(2)19-25(3)21-29)42(40,41)30-13-9-6-10-14-30/h6,9-10,13-21,28,31H,4-5,7-8,11-12,22-23H2,1-3H3,(H,35,39)/t31-/m1/s1. The number of carbonyl (C=O) groups excluding carboxylic acids is 2. The maximum Gasteiger partial charge on any atom is 0.264 e. The molecular weight excluding hydrogens is 570 g/mol. The van der Waals surface area contributed by atoms with Gasteiger partial charge in [0.25, 0.3) is 10.0 Å². The fourth-order valence-electron chi connectivity index (χ4n) is 5.59. The zero-order chi connectivity index (χ0) is 30.3. The molecule has 0 aliphatic heterocycles. The van der Waals surface area contributed by atoms with Crippen LogP contribution < -0.4 is 9.62 Å². The third-order valence-electron chi connectivity index (χ3n) is 7.71. The van der Waals surface area contributed by atoms with Crippen molar-refractivity contribution in [2.75, 3.05) is 10.8 Å². The van der Waals surface area contributed by atoms with Crippen molar-refractivity contribution in [2.45, 2.75) is 82.8 Å². The third-order valence-corrected chi connectivity index (χ3v) is 9.75. The average Bonchev–Trinajstić information content (AvgIpc) is 2.97. The van der Waals surface area contributed by atoms with E-state index in [2.05, 4.69) is 5.32 Å². The molecular formula is C33H40ClN3O4S. The minimum absolute atomic E-state index is 0.0815. The monoisotopic (exact) mass is 609 g/mol.